The van der Waals surface area contributed by atoms with Gasteiger partial charge in [-0.05, 0) is 19.1 Å². The quantitative estimate of drug-likeness (QED) is 0.880. The van der Waals surface area contributed by atoms with Crippen molar-refractivity contribution in [2.45, 2.75) is 13.0 Å². The number of nitrogens with zero attached hydrogens (tertiary/aromatic N) is 5. The van der Waals surface area contributed by atoms with Gasteiger partial charge in [-0.15, -0.1) is 10.2 Å². The second-order valence-electron chi connectivity index (χ2n) is 5.93. The molecule has 1 aliphatic heterocycles. The van der Waals surface area contributed by atoms with E-state index in [1.165, 1.54) is 0 Å². The summed E-state index contributed by atoms with van der Waals surface area (Å²) < 4.78 is 1.79. The van der Waals surface area contributed by atoms with Crippen LogP contribution in [0.25, 0.3) is 0 Å². The number of para-hydroxylation sites is 2. The molecule has 0 saturated carbocycles. The number of carbonyl (C=O) groups excluding carboxylic acids is 1. The Hall–Kier alpha value is -2.77. The van der Waals surface area contributed by atoms with Crippen LogP contribution in [0.1, 0.15) is 18.8 Å². The first kappa shape index (κ1) is 16.1. The molecule has 128 valence electrons. The highest BCUT2D eigenvalue weighted by Crippen LogP contribution is 2.27. The van der Waals surface area contributed by atoms with Crippen molar-refractivity contribution < 1.29 is 9.90 Å². The number of carbonyl (C=O) groups is 1. The Balaban J connectivity index is 1.56. The van der Waals surface area contributed by atoms with Gasteiger partial charge in [-0.25, -0.2) is 4.79 Å². The predicted molar refractivity (Wildman–Crippen MR) is 89.8 cm³/mol. The van der Waals surface area contributed by atoms with Gasteiger partial charge in [0, 0.05) is 33.2 Å². The molecule has 1 aliphatic rings. The maximum Gasteiger partial charge on any atom is 0.318 e. The molecule has 24 heavy (non-hydrogen) atoms. The van der Waals surface area contributed by atoms with Gasteiger partial charge >= 0.3 is 6.03 Å². The van der Waals surface area contributed by atoms with Gasteiger partial charge < -0.3 is 24.8 Å². The molecule has 2 N–H and O–H groups in total. The number of phenols is 1. The van der Waals surface area contributed by atoms with Crippen molar-refractivity contribution >= 4 is 11.7 Å². The Labute approximate surface area is 140 Å². The summed E-state index contributed by atoms with van der Waals surface area (Å²) in [7, 11) is 1.85. The SMILES string of the molecule is C[C@@H](NC(=O)N1CCN(c2ccccc2O)CC1)c1nncn1C. The maximum atomic E-state index is 12.4. The van der Waals surface area contributed by atoms with E-state index < -0.39 is 0 Å². The van der Waals surface area contributed by atoms with Crippen molar-refractivity contribution in [3.8, 4) is 5.75 Å². The van der Waals surface area contributed by atoms with E-state index in [9.17, 15) is 9.90 Å². The van der Waals surface area contributed by atoms with Crippen LogP contribution in [0.5, 0.6) is 5.75 Å². The molecule has 1 aromatic carbocycles. The van der Waals surface area contributed by atoms with Crippen LogP contribution in [0.2, 0.25) is 0 Å². The van der Waals surface area contributed by atoms with Crippen molar-refractivity contribution in [3.05, 3.63) is 36.4 Å². The van der Waals surface area contributed by atoms with Crippen molar-refractivity contribution in [2.24, 2.45) is 7.05 Å². The van der Waals surface area contributed by atoms with Crippen LogP contribution in [0.15, 0.2) is 30.6 Å². The van der Waals surface area contributed by atoms with Crippen LogP contribution < -0.4 is 10.2 Å². The summed E-state index contributed by atoms with van der Waals surface area (Å²) in [5.74, 6) is 0.988. The van der Waals surface area contributed by atoms with Crippen LogP contribution >= 0.6 is 0 Å². The van der Waals surface area contributed by atoms with Crippen LogP contribution in [0.3, 0.4) is 0 Å². The second-order valence-corrected chi connectivity index (χ2v) is 5.93. The Morgan fingerprint density at radius 2 is 1.96 bits per heavy atom. The third-order valence-corrected chi connectivity index (χ3v) is 4.26. The largest absolute Gasteiger partial charge is 0.506 e. The first-order valence-corrected chi connectivity index (χ1v) is 7.98. The van der Waals surface area contributed by atoms with Gasteiger partial charge in [-0.1, -0.05) is 12.1 Å². The summed E-state index contributed by atoms with van der Waals surface area (Å²) in [6, 6.07) is 6.95. The lowest BCUT2D eigenvalue weighted by Gasteiger charge is -2.36. The molecule has 0 radical (unpaired) electrons. The molecule has 8 nitrogen and oxygen atoms in total. The number of aromatic hydroxyl groups is 1. The molecule has 0 unspecified atom stereocenters. The highest BCUT2D eigenvalue weighted by atomic mass is 16.3. The number of aryl methyl sites for hydroxylation is 1. The van der Waals surface area contributed by atoms with Crippen LogP contribution in [0.4, 0.5) is 10.5 Å². The Bertz CT molecular complexity index is 708. The number of hydrogen-bond acceptors (Lipinski definition) is 5. The van der Waals surface area contributed by atoms with Gasteiger partial charge in [0.25, 0.3) is 0 Å². The number of piperazine rings is 1. The maximum absolute atomic E-state index is 12.4. The summed E-state index contributed by atoms with van der Waals surface area (Å²) in [4.78, 5) is 16.3. The van der Waals surface area contributed by atoms with E-state index in [0.29, 0.717) is 26.2 Å². The molecule has 0 spiro atoms. The van der Waals surface area contributed by atoms with E-state index in [0.717, 1.165) is 11.5 Å². The van der Waals surface area contributed by atoms with Crippen molar-refractivity contribution in [1.29, 1.82) is 0 Å². The van der Waals surface area contributed by atoms with Crippen LogP contribution in [-0.4, -0.2) is 57.0 Å². The summed E-state index contributed by atoms with van der Waals surface area (Å²) >= 11 is 0. The second kappa shape index (κ2) is 6.77. The fraction of sp³-hybridized carbons (Fsp3) is 0.438. The lowest BCUT2D eigenvalue weighted by atomic mass is 10.2. The highest BCUT2D eigenvalue weighted by molar-refractivity contribution is 5.75. The van der Waals surface area contributed by atoms with E-state index in [-0.39, 0.29) is 17.8 Å². The first-order valence-electron chi connectivity index (χ1n) is 7.98. The van der Waals surface area contributed by atoms with E-state index in [1.54, 1.807) is 27.9 Å². The minimum absolute atomic E-state index is 0.109. The van der Waals surface area contributed by atoms with E-state index in [2.05, 4.69) is 20.4 Å². The number of phenolic OH excluding ortho intramolecular Hbond substituents is 1. The normalized spacial score (nSPS) is 16.1. The molecule has 2 aromatic rings. The summed E-state index contributed by atoms with van der Waals surface area (Å²) in [5, 5.41) is 20.7. The van der Waals surface area contributed by atoms with Gasteiger partial charge in [0.2, 0.25) is 0 Å². The summed E-state index contributed by atoms with van der Waals surface area (Å²) in [6.07, 6.45) is 1.61. The molecular weight excluding hydrogens is 308 g/mol. The highest BCUT2D eigenvalue weighted by Gasteiger charge is 2.24. The topological polar surface area (TPSA) is 86.5 Å². The number of urea groups is 1. The van der Waals surface area contributed by atoms with Crippen LogP contribution in [-0.2, 0) is 7.05 Å². The zero-order chi connectivity index (χ0) is 17.1. The Morgan fingerprint density at radius 1 is 1.25 bits per heavy atom. The lowest BCUT2D eigenvalue weighted by Crippen LogP contribution is -2.52. The van der Waals surface area contributed by atoms with E-state index in [1.807, 2.05) is 26.1 Å². The predicted octanol–water partition coefficient (Wildman–Crippen LogP) is 1.11. The van der Waals surface area contributed by atoms with E-state index in [4.69, 9.17) is 0 Å². The number of hydrogen-bond donors (Lipinski definition) is 2. The van der Waals surface area contributed by atoms with Gasteiger partial charge in [-0.3, -0.25) is 0 Å². The molecule has 1 fully saturated rings. The van der Waals surface area contributed by atoms with Gasteiger partial charge in [0.1, 0.15) is 12.1 Å². The monoisotopic (exact) mass is 330 g/mol. The van der Waals surface area contributed by atoms with Gasteiger partial charge in [-0.2, -0.15) is 0 Å². The Morgan fingerprint density at radius 3 is 2.58 bits per heavy atom. The van der Waals surface area contributed by atoms with Crippen molar-refractivity contribution in [2.75, 3.05) is 31.1 Å². The number of amides is 2. The number of benzene rings is 1. The summed E-state index contributed by atoms with van der Waals surface area (Å²) in [6.45, 7) is 4.46. The lowest BCUT2D eigenvalue weighted by molar-refractivity contribution is 0.190. The molecule has 1 aromatic heterocycles. The number of anilines is 1. The smallest absolute Gasteiger partial charge is 0.318 e. The molecule has 1 saturated heterocycles. The number of nitrogens with one attached hydrogen (secondary N) is 1. The molecular formula is C16H22N6O2. The molecule has 2 heterocycles. The average Bonchev–Trinajstić information content (AvgIpc) is 3.01. The number of rotatable bonds is 3. The van der Waals surface area contributed by atoms with Crippen molar-refractivity contribution in [1.82, 2.24) is 25.0 Å². The van der Waals surface area contributed by atoms with E-state index >= 15 is 0 Å². The zero-order valence-corrected chi connectivity index (χ0v) is 13.9. The first-order chi connectivity index (χ1) is 11.6. The fourth-order valence-corrected chi connectivity index (χ4v) is 2.91. The van der Waals surface area contributed by atoms with Gasteiger partial charge in [0.15, 0.2) is 5.82 Å². The Kier molecular flexibility index (Phi) is 4.54. The molecule has 0 bridgehead atoms. The third kappa shape index (κ3) is 3.27. The van der Waals surface area contributed by atoms with Crippen molar-refractivity contribution in [3.63, 3.8) is 0 Å². The van der Waals surface area contributed by atoms with Crippen LogP contribution in [0, 0.1) is 0 Å². The minimum atomic E-state index is -0.207. The van der Waals surface area contributed by atoms with Gasteiger partial charge in [0.05, 0.1) is 11.7 Å². The standard InChI is InChI=1S/C16H22N6O2/c1-12(15-19-17-11-20(15)2)18-16(24)22-9-7-21(8-10-22)13-5-3-4-6-14(13)23/h3-6,11-12,23H,7-10H2,1-2H3,(H,18,24)/t12-/m1/s1. The number of aromatic nitrogens is 3. The fourth-order valence-electron chi connectivity index (χ4n) is 2.91. The molecule has 1 atom stereocenters. The average molecular weight is 330 g/mol. The summed E-state index contributed by atoms with van der Waals surface area (Å²) in [5.41, 5.74) is 0.810. The third-order valence-electron chi connectivity index (χ3n) is 4.26. The zero-order valence-electron chi connectivity index (χ0n) is 13.9. The molecule has 8 heteroatoms. The minimum Gasteiger partial charge on any atom is -0.506 e. The molecule has 0 aliphatic carbocycles. The molecule has 3 rings (SSSR count). The molecule has 2 amide bonds.